The van der Waals surface area contributed by atoms with Crippen LogP contribution in [0.3, 0.4) is 0 Å². The van der Waals surface area contributed by atoms with Crippen molar-refractivity contribution in [2.45, 2.75) is 26.8 Å². The summed E-state index contributed by atoms with van der Waals surface area (Å²) in [4.78, 5) is 24.7. The number of carboxylic acids is 1. The molecular formula is C13H24N2O4. The molecule has 1 aliphatic rings. The Labute approximate surface area is 114 Å². The summed E-state index contributed by atoms with van der Waals surface area (Å²) < 4.78 is 5.35. The predicted molar refractivity (Wildman–Crippen MR) is 70.8 cm³/mol. The molecule has 0 spiro atoms. The number of carbonyl (C=O) groups excluding carboxylic acids is 1. The van der Waals surface area contributed by atoms with Crippen LogP contribution in [0.2, 0.25) is 0 Å². The van der Waals surface area contributed by atoms with Crippen molar-refractivity contribution in [3.8, 4) is 0 Å². The number of nitrogens with one attached hydrogen (secondary N) is 1. The number of ether oxygens (including phenoxy) is 1. The van der Waals surface area contributed by atoms with Crippen LogP contribution in [0.4, 0.5) is 0 Å². The Balaban J connectivity index is 2.71. The number of amides is 1. The molecule has 0 aliphatic carbocycles. The van der Waals surface area contributed by atoms with Crippen molar-refractivity contribution < 1.29 is 19.4 Å². The number of nitrogens with zero attached hydrogens (tertiary/aromatic N) is 1. The molecule has 2 N–H and O–H groups in total. The Morgan fingerprint density at radius 1 is 1.42 bits per heavy atom. The number of aliphatic carboxylic acids is 1. The minimum Gasteiger partial charge on any atom is -0.480 e. The SMILES string of the molecule is CCNC1COCC1C(=O)N(CC(=O)O)CC(C)C. The second-order valence-electron chi connectivity index (χ2n) is 5.31. The third kappa shape index (κ3) is 4.80. The molecular weight excluding hydrogens is 248 g/mol. The van der Waals surface area contributed by atoms with Gasteiger partial charge in [0.1, 0.15) is 6.54 Å². The molecule has 1 heterocycles. The summed E-state index contributed by atoms with van der Waals surface area (Å²) in [6.45, 7) is 7.76. The molecule has 0 aromatic carbocycles. The van der Waals surface area contributed by atoms with E-state index in [9.17, 15) is 9.59 Å². The average molecular weight is 272 g/mol. The van der Waals surface area contributed by atoms with Crippen LogP contribution in [-0.4, -0.2) is 60.8 Å². The summed E-state index contributed by atoms with van der Waals surface area (Å²) in [7, 11) is 0. The average Bonchev–Trinajstić information content (AvgIpc) is 2.74. The van der Waals surface area contributed by atoms with E-state index < -0.39 is 5.97 Å². The van der Waals surface area contributed by atoms with Crippen molar-refractivity contribution in [3.05, 3.63) is 0 Å². The first-order valence-corrected chi connectivity index (χ1v) is 6.77. The fraction of sp³-hybridized carbons (Fsp3) is 0.846. The molecule has 1 saturated heterocycles. The smallest absolute Gasteiger partial charge is 0.323 e. The van der Waals surface area contributed by atoms with Gasteiger partial charge >= 0.3 is 5.97 Å². The molecule has 110 valence electrons. The van der Waals surface area contributed by atoms with Gasteiger partial charge in [0.2, 0.25) is 5.91 Å². The van der Waals surface area contributed by atoms with E-state index >= 15 is 0 Å². The van der Waals surface area contributed by atoms with Gasteiger partial charge in [-0.05, 0) is 12.5 Å². The van der Waals surface area contributed by atoms with Gasteiger partial charge in [-0.3, -0.25) is 9.59 Å². The lowest BCUT2D eigenvalue weighted by Gasteiger charge is -2.27. The van der Waals surface area contributed by atoms with E-state index in [1.807, 2.05) is 20.8 Å². The summed E-state index contributed by atoms with van der Waals surface area (Å²) in [6.07, 6.45) is 0. The minimum atomic E-state index is -0.979. The van der Waals surface area contributed by atoms with Gasteiger partial charge in [-0.1, -0.05) is 20.8 Å². The highest BCUT2D eigenvalue weighted by molar-refractivity contribution is 5.84. The van der Waals surface area contributed by atoms with Crippen LogP contribution in [0.15, 0.2) is 0 Å². The molecule has 0 bridgehead atoms. The van der Waals surface area contributed by atoms with Crippen LogP contribution in [0.5, 0.6) is 0 Å². The Hall–Kier alpha value is -1.14. The summed E-state index contributed by atoms with van der Waals surface area (Å²) in [5, 5.41) is 12.1. The lowest BCUT2D eigenvalue weighted by molar-refractivity contribution is -0.147. The molecule has 0 aromatic rings. The molecule has 6 heteroatoms. The topological polar surface area (TPSA) is 78.9 Å². The Morgan fingerprint density at radius 3 is 2.63 bits per heavy atom. The van der Waals surface area contributed by atoms with Gasteiger partial charge in [-0.2, -0.15) is 0 Å². The first-order chi connectivity index (χ1) is 8.95. The number of likely N-dealkylation sites (N-methyl/N-ethyl adjacent to an activating group) is 1. The van der Waals surface area contributed by atoms with E-state index in [0.29, 0.717) is 19.8 Å². The van der Waals surface area contributed by atoms with Crippen molar-refractivity contribution in [2.75, 3.05) is 32.8 Å². The van der Waals surface area contributed by atoms with Crippen molar-refractivity contribution in [3.63, 3.8) is 0 Å². The fourth-order valence-electron chi connectivity index (χ4n) is 2.33. The normalized spacial score (nSPS) is 22.7. The second-order valence-corrected chi connectivity index (χ2v) is 5.31. The van der Waals surface area contributed by atoms with E-state index in [0.717, 1.165) is 6.54 Å². The number of hydrogen-bond acceptors (Lipinski definition) is 4. The number of carbonyl (C=O) groups is 2. The molecule has 2 atom stereocenters. The van der Waals surface area contributed by atoms with Crippen LogP contribution in [-0.2, 0) is 14.3 Å². The van der Waals surface area contributed by atoms with E-state index in [2.05, 4.69) is 5.32 Å². The molecule has 19 heavy (non-hydrogen) atoms. The van der Waals surface area contributed by atoms with Crippen LogP contribution >= 0.6 is 0 Å². The van der Waals surface area contributed by atoms with Gasteiger partial charge in [0.25, 0.3) is 0 Å². The summed E-state index contributed by atoms with van der Waals surface area (Å²) >= 11 is 0. The number of carboxylic acid groups (broad SMARTS) is 1. The maximum absolute atomic E-state index is 12.4. The molecule has 1 amide bonds. The fourth-order valence-corrected chi connectivity index (χ4v) is 2.33. The van der Waals surface area contributed by atoms with Gasteiger partial charge in [0.05, 0.1) is 19.1 Å². The first kappa shape index (κ1) is 15.9. The summed E-state index contributed by atoms with van der Waals surface area (Å²) in [5.41, 5.74) is 0. The largest absolute Gasteiger partial charge is 0.480 e. The third-order valence-corrected chi connectivity index (χ3v) is 3.09. The molecule has 1 rings (SSSR count). The summed E-state index contributed by atoms with van der Waals surface area (Å²) in [5.74, 6) is -1.14. The quantitative estimate of drug-likeness (QED) is 0.691. The maximum Gasteiger partial charge on any atom is 0.323 e. The number of hydrogen-bond donors (Lipinski definition) is 2. The van der Waals surface area contributed by atoms with Crippen molar-refractivity contribution in [1.29, 1.82) is 0 Å². The first-order valence-electron chi connectivity index (χ1n) is 6.77. The van der Waals surface area contributed by atoms with Crippen molar-refractivity contribution >= 4 is 11.9 Å². The Kier molecular flexibility index (Phi) is 6.24. The van der Waals surface area contributed by atoms with Gasteiger partial charge in [0, 0.05) is 12.6 Å². The molecule has 0 saturated carbocycles. The van der Waals surface area contributed by atoms with Gasteiger partial charge < -0.3 is 20.1 Å². The molecule has 0 aromatic heterocycles. The molecule has 2 unspecified atom stereocenters. The zero-order chi connectivity index (χ0) is 14.4. The zero-order valence-electron chi connectivity index (χ0n) is 11.9. The highest BCUT2D eigenvalue weighted by Crippen LogP contribution is 2.17. The molecule has 6 nitrogen and oxygen atoms in total. The monoisotopic (exact) mass is 272 g/mol. The van der Waals surface area contributed by atoms with Gasteiger partial charge in [0.15, 0.2) is 0 Å². The maximum atomic E-state index is 12.4. The van der Waals surface area contributed by atoms with Crippen LogP contribution in [0, 0.1) is 11.8 Å². The summed E-state index contributed by atoms with van der Waals surface area (Å²) in [6, 6.07) is -0.0130. The highest BCUT2D eigenvalue weighted by atomic mass is 16.5. The van der Waals surface area contributed by atoms with E-state index in [1.165, 1.54) is 4.90 Å². The van der Waals surface area contributed by atoms with Crippen LogP contribution in [0.1, 0.15) is 20.8 Å². The highest BCUT2D eigenvalue weighted by Gasteiger charge is 2.36. The Bertz CT molecular complexity index is 320. The molecule has 1 aliphatic heterocycles. The lowest BCUT2D eigenvalue weighted by atomic mass is 10.0. The molecule has 1 fully saturated rings. The predicted octanol–water partition coefficient (Wildman–Crippen LogP) is 0.180. The lowest BCUT2D eigenvalue weighted by Crippen LogP contribution is -2.48. The molecule has 0 radical (unpaired) electrons. The van der Waals surface area contributed by atoms with Crippen molar-refractivity contribution in [1.82, 2.24) is 10.2 Å². The van der Waals surface area contributed by atoms with Crippen LogP contribution in [0.25, 0.3) is 0 Å². The van der Waals surface area contributed by atoms with Gasteiger partial charge in [-0.15, -0.1) is 0 Å². The van der Waals surface area contributed by atoms with E-state index in [4.69, 9.17) is 9.84 Å². The Morgan fingerprint density at radius 2 is 2.11 bits per heavy atom. The van der Waals surface area contributed by atoms with Crippen molar-refractivity contribution in [2.24, 2.45) is 11.8 Å². The number of rotatable bonds is 7. The van der Waals surface area contributed by atoms with E-state index in [-0.39, 0.29) is 30.3 Å². The zero-order valence-corrected chi connectivity index (χ0v) is 11.9. The minimum absolute atomic E-state index is 0.0130. The van der Waals surface area contributed by atoms with Gasteiger partial charge in [-0.25, -0.2) is 0 Å². The standard InChI is InChI=1S/C13H24N2O4/c1-4-14-11-8-19-7-10(11)13(18)15(5-9(2)3)6-12(16)17/h9-11,14H,4-8H2,1-3H3,(H,16,17). The second kappa shape index (κ2) is 7.45. The third-order valence-electron chi connectivity index (χ3n) is 3.09. The van der Waals surface area contributed by atoms with Crippen LogP contribution < -0.4 is 5.32 Å². The van der Waals surface area contributed by atoms with E-state index in [1.54, 1.807) is 0 Å².